The van der Waals surface area contributed by atoms with Crippen molar-refractivity contribution in [3.05, 3.63) is 64.2 Å². The van der Waals surface area contributed by atoms with Gasteiger partial charge in [-0.15, -0.1) is 0 Å². The second kappa shape index (κ2) is 9.56. The van der Waals surface area contributed by atoms with Gasteiger partial charge in [-0.25, -0.2) is 4.79 Å². The fourth-order valence-electron chi connectivity index (χ4n) is 2.43. The maximum Gasteiger partial charge on any atom is 0.326 e. The van der Waals surface area contributed by atoms with Gasteiger partial charge >= 0.3 is 5.97 Å². The summed E-state index contributed by atoms with van der Waals surface area (Å²) < 4.78 is 0. The number of nitrogens with two attached hydrogens (primary N) is 1. The number of carboxylic acids is 1. The summed E-state index contributed by atoms with van der Waals surface area (Å²) in [7, 11) is 0. The molecule has 10 heteroatoms. The smallest absolute Gasteiger partial charge is 0.326 e. The lowest BCUT2D eigenvalue weighted by molar-refractivity contribution is -0.140. The second-order valence-corrected chi connectivity index (χ2v) is 6.49. The van der Waals surface area contributed by atoms with Crippen LogP contribution in [0.15, 0.2) is 42.5 Å². The third-order valence-corrected chi connectivity index (χ3v) is 4.16. The van der Waals surface area contributed by atoms with Crippen LogP contribution in [0.3, 0.4) is 0 Å². The Labute approximate surface area is 170 Å². The number of phenolic OH excluding ortho intramolecular Hbond substituents is 1. The van der Waals surface area contributed by atoms with Gasteiger partial charge in [0.2, 0.25) is 5.91 Å². The van der Waals surface area contributed by atoms with Crippen molar-refractivity contribution in [2.24, 2.45) is 5.73 Å². The molecule has 0 saturated heterocycles. The van der Waals surface area contributed by atoms with Gasteiger partial charge in [0.25, 0.3) is 11.8 Å². The molecule has 0 bridgehead atoms. The molecule has 0 heterocycles. The van der Waals surface area contributed by atoms with E-state index in [0.717, 1.165) is 0 Å². The molecule has 2 aromatic carbocycles. The number of carbonyl (C=O) groups is 4. The first kappa shape index (κ1) is 21.7. The number of hydrogen-bond acceptors (Lipinski definition) is 5. The van der Waals surface area contributed by atoms with Crippen molar-refractivity contribution in [2.45, 2.75) is 19.0 Å². The van der Waals surface area contributed by atoms with Crippen molar-refractivity contribution in [1.29, 1.82) is 0 Å². The van der Waals surface area contributed by atoms with Crippen LogP contribution in [0.25, 0.3) is 0 Å². The van der Waals surface area contributed by atoms with E-state index >= 15 is 0 Å². The zero-order valence-corrected chi connectivity index (χ0v) is 15.8. The number of aromatic hydroxyl groups is 1. The molecule has 0 aromatic heterocycles. The molecule has 0 aliphatic heterocycles. The van der Waals surface area contributed by atoms with Crippen LogP contribution in [0.1, 0.15) is 32.7 Å². The van der Waals surface area contributed by atoms with Crippen molar-refractivity contribution in [1.82, 2.24) is 10.6 Å². The molecule has 2 rings (SSSR count). The molecule has 152 valence electrons. The highest BCUT2D eigenvalue weighted by molar-refractivity contribution is 6.34. The Morgan fingerprint density at radius 3 is 2.38 bits per heavy atom. The molecule has 0 radical (unpaired) electrons. The molecule has 9 nitrogen and oxygen atoms in total. The minimum Gasteiger partial charge on any atom is -0.508 e. The third-order valence-electron chi connectivity index (χ3n) is 3.85. The topological polar surface area (TPSA) is 159 Å². The summed E-state index contributed by atoms with van der Waals surface area (Å²) in [5.41, 5.74) is 5.78. The Morgan fingerprint density at radius 1 is 1.07 bits per heavy atom. The van der Waals surface area contributed by atoms with Gasteiger partial charge in [0.1, 0.15) is 11.8 Å². The van der Waals surface area contributed by atoms with E-state index in [1.54, 1.807) is 12.1 Å². The Morgan fingerprint density at radius 2 is 1.79 bits per heavy atom. The lowest BCUT2D eigenvalue weighted by Gasteiger charge is -2.14. The maximum absolute atomic E-state index is 12.3. The summed E-state index contributed by atoms with van der Waals surface area (Å²) in [5, 5.41) is 23.2. The number of carboxylic acid groups (broad SMARTS) is 1. The number of aliphatic carboxylic acids is 1. The minimum absolute atomic E-state index is 0.0630. The van der Waals surface area contributed by atoms with Crippen LogP contribution in [0.2, 0.25) is 5.02 Å². The zero-order valence-electron chi connectivity index (χ0n) is 15.0. The van der Waals surface area contributed by atoms with E-state index < -0.39 is 36.2 Å². The number of nitrogens with one attached hydrogen (secondary N) is 2. The van der Waals surface area contributed by atoms with Crippen LogP contribution in [0.5, 0.6) is 5.75 Å². The molecule has 0 fully saturated rings. The van der Waals surface area contributed by atoms with Crippen LogP contribution in [0, 0.1) is 0 Å². The summed E-state index contributed by atoms with van der Waals surface area (Å²) in [6.07, 6.45) is -0.575. The standard InChI is InChI=1S/C19H18ClN3O6/c20-14-7-11(17(26)22-9-10-2-1-3-12(24)6-10)4-5-13(14)18(27)23-15(19(28)29)8-16(21)25/h1-7,15,24H,8-9H2,(H2,21,25)(H,22,26)(H,23,27)(H,28,29). The Bertz CT molecular complexity index is 963. The molecular weight excluding hydrogens is 402 g/mol. The maximum atomic E-state index is 12.3. The highest BCUT2D eigenvalue weighted by Gasteiger charge is 2.24. The van der Waals surface area contributed by atoms with Gasteiger partial charge in [0.05, 0.1) is 17.0 Å². The first-order valence-corrected chi connectivity index (χ1v) is 8.72. The lowest BCUT2D eigenvalue weighted by Crippen LogP contribution is -2.43. The van der Waals surface area contributed by atoms with Gasteiger partial charge in [0.15, 0.2) is 0 Å². The average Bonchev–Trinajstić information content (AvgIpc) is 2.65. The summed E-state index contributed by atoms with van der Waals surface area (Å²) in [5.74, 6) is -3.51. The van der Waals surface area contributed by atoms with Crippen molar-refractivity contribution < 1.29 is 29.4 Å². The zero-order chi connectivity index (χ0) is 21.6. The van der Waals surface area contributed by atoms with Crippen molar-refractivity contribution in [2.75, 3.05) is 0 Å². The lowest BCUT2D eigenvalue weighted by atomic mass is 10.1. The quantitative estimate of drug-likeness (QED) is 0.429. The first-order valence-electron chi connectivity index (χ1n) is 8.35. The van der Waals surface area contributed by atoms with Crippen LogP contribution in [-0.2, 0) is 16.1 Å². The number of primary amides is 1. The highest BCUT2D eigenvalue weighted by Crippen LogP contribution is 2.19. The summed E-state index contributed by atoms with van der Waals surface area (Å²) >= 11 is 6.06. The van der Waals surface area contributed by atoms with Gasteiger partial charge < -0.3 is 26.6 Å². The van der Waals surface area contributed by atoms with Gasteiger partial charge in [-0.05, 0) is 35.9 Å². The minimum atomic E-state index is -1.50. The SMILES string of the molecule is NC(=O)CC(NC(=O)c1ccc(C(=O)NCc2cccc(O)c2)cc1Cl)C(=O)O. The van der Waals surface area contributed by atoms with Crippen LogP contribution in [-0.4, -0.2) is 39.9 Å². The molecule has 6 N–H and O–H groups in total. The van der Waals surface area contributed by atoms with Crippen LogP contribution in [0.4, 0.5) is 0 Å². The van der Waals surface area contributed by atoms with Crippen LogP contribution < -0.4 is 16.4 Å². The van der Waals surface area contributed by atoms with E-state index in [9.17, 15) is 24.3 Å². The summed E-state index contributed by atoms with van der Waals surface area (Å²) in [6.45, 7) is 0.167. The fourth-order valence-corrected chi connectivity index (χ4v) is 2.69. The van der Waals surface area contributed by atoms with Gasteiger partial charge in [-0.1, -0.05) is 23.7 Å². The number of carbonyl (C=O) groups excluding carboxylic acids is 3. The van der Waals surface area contributed by atoms with E-state index in [1.807, 2.05) is 0 Å². The second-order valence-electron chi connectivity index (χ2n) is 6.08. The molecule has 0 aliphatic carbocycles. The van der Waals surface area contributed by atoms with Crippen molar-refractivity contribution >= 4 is 35.3 Å². The molecular formula is C19H18ClN3O6. The van der Waals surface area contributed by atoms with E-state index in [4.69, 9.17) is 22.4 Å². The number of halogens is 1. The van der Waals surface area contributed by atoms with Crippen molar-refractivity contribution in [3.8, 4) is 5.75 Å². The fraction of sp³-hybridized carbons (Fsp3) is 0.158. The van der Waals surface area contributed by atoms with Crippen molar-refractivity contribution in [3.63, 3.8) is 0 Å². The first-order chi connectivity index (χ1) is 13.7. The molecule has 2 aromatic rings. The highest BCUT2D eigenvalue weighted by atomic mass is 35.5. The van der Waals surface area contributed by atoms with E-state index in [-0.39, 0.29) is 28.4 Å². The number of rotatable bonds is 8. The molecule has 29 heavy (non-hydrogen) atoms. The van der Waals surface area contributed by atoms with E-state index in [0.29, 0.717) is 5.56 Å². The number of benzene rings is 2. The van der Waals surface area contributed by atoms with E-state index in [2.05, 4.69) is 10.6 Å². The number of hydrogen-bond donors (Lipinski definition) is 5. The predicted octanol–water partition coefficient (Wildman–Crippen LogP) is 1.03. The Balaban J connectivity index is 2.06. The molecule has 3 amide bonds. The third kappa shape index (κ3) is 6.22. The van der Waals surface area contributed by atoms with Gasteiger partial charge in [-0.3, -0.25) is 14.4 Å². The normalized spacial score (nSPS) is 11.3. The summed E-state index contributed by atoms with van der Waals surface area (Å²) in [4.78, 5) is 46.6. The number of phenols is 1. The largest absolute Gasteiger partial charge is 0.508 e. The Hall–Kier alpha value is -3.59. The van der Waals surface area contributed by atoms with Gasteiger partial charge in [0, 0.05) is 12.1 Å². The molecule has 1 unspecified atom stereocenters. The van der Waals surface area contributed by atoms with E-state index in [1.165, 1.54) is 30.3 Å². The predicted molar refractivity (Wildman–Crippen MR) is 103 cm³/mol. The molecule has 0 aliphatic rings. The van der Waals surface area contributed by atoms with Crippen LogP contribution >= 0.6 is 11.6 Å². The number of amides is 3. The Kier molecular flexibility index (Phi) is 7.15. The average molecular weight is 420 g/mol. The van der Waals surface area contributed by atoms with Gasteiger partial charge in [-0.2, -0.15) is 0 Å². The monoisotopic (exact) mass is 419 g/mol. The molecule has 1 atom stereocenters. The summed E-state index contributed by atoms with van der Waals surface area (Å²) in [6, 6.07) is 8.76. The molecule has 0 spiro atoms. The molecule has 0 saturated carbocycles.